The summed E-state index contributed by atoms with van der Waals surface area (Å²) >= 11 is 3.40. The van der Waals surface area contributed by atoms with Crippen LogP contribution in [0.15, 0.2) is 12.1 Å². The maximum absolute atomic E-state index is 12.3. The Kier molecular flexibility index (Phi) is 7.36. The van der Waals surface area contributed by atoms with Crippen LogP contribution in [0.3, 0.4) is 0 Å². The van der Waals surface area contributed by atoms with Gasteiger partial charge in [-0.15, -0.1) is 0 Å². The Morgan fingerprint density at radius 1 is 1.19 bits per heavy atom. The third-order valence-corrected chi connectivity index (χ3v) is 3.62. The molecule has 0 saturated heterocycles. The molecule has 0 fully saturated rings. The van der Waals surface area contributed by atoms with E-state index in [4.69, 9.17) is 14.2 Å². The van der Waals surface area contributed by atoms with Crippen molar-refractivity contribution in [2.45, 2.75) is 13.3 Å². The monoisotopic (exact) mass is 359 g/mol. The molecule has 5 nitrogen and oxygen atoms in total. The van der Waals surface area contributed by atoms with Gasteiger partial charge in [0.05, 0.1) is 26.9 Å². The molecule has 0 aromatic heterocycles. The van der Waals surface area contributed by atoms with Crippen LogP contribution in [0.1, 0.15) is 23.7 Å². The Hall–Kier alpha value is -1.43. The molecule has 0 aliphatic heterocycles. The predicted octanol–water partition coefficient (Wildman–Crippen LogP) is 2.86. The summed E-state index contributed by atoms with van der Waals surface area (Å²) in [7, 11) is 4.56. The number of halogens is 1. The number of methoxy groups -OCH3 is 3. The molecule has 1 unspecified atom stereocenters. The van der Waals surface area contributed by atoms with E-state index in [1.807, 2.05) is 0 Å². The Morgan fingerprint density at radius 2 is 1.86 bits per heavy atom. The van der Waals surface area contributed by atoms with Gasteiger partial charge >= 0.3 is 0 Å². The minimum atomic E-state index is -0.186. The van der Waals surface area contributed by atoms with Gasteiger partial charge in [-0.05, 0) is 24.5 Å². The molecule has 0 aliphatic carbocycles. The van der Waals surface area contributed by atoms with Gasteiger partial charge in [-0.25, -0.2) is 0 Å². The summed E-state index contributed by atoms with van der Waals surface area (Å²) in [5.41, 5.74) is 0.432. The first-order valence-corrected chi connectivity index (χ1v) is 7.84. The number of amides is 1. The number of rotatable bonds is 8. The van der Waals surface area contributed by atoms with Gasteiger partial charge in [-0.3, -0.25) is 4.79 Å². The van der Waals surface area contributed by atoms with Crippen LogP contribution in [0.5, 0.6) is 17.2 Å². The summed E-state index contributed by atoms with van der Waals surface area (Å²) in [6, 6.07) is 3.36. The third kappa shape index (κ3) is 4.52. The average Bonchev–Trinajstić information content (AvgIpc) is 2.51. The Balaban J connectivity index is 2.94. The lowest BCUT2D eigenvalue weighted by molar-refractivity contribution is 0.0944. The molecule has 1 atom stereocenters. The Bertz CT molecular complexity index is 479. The van der Waals surface area contributed by atoms with Crippen LogP contribution < -0.4 is 19.5 Å². The van der Waals surface area contributed by atoms with Crippen molar-refractivity contribution in [3.8, 4) is 17.2 Å². The fraction of sp³-hybridized carbons (Fsp3) is 0.533. The maximum atomic E-state index is 12.3. The Morgan fingerprint density at radius 3 is 2.38 bits per heavy atom. The highest BCUT2D eigenvalue weighted by atomic mass is 79.9. The van der Waals surface area contributed by atoms with Crippen LogP contribution in [0.25, 0.3) is 0 Å². The van der Waals surface area contributed by atoms with Crippen LogP contribution in [0, 0.1) is 5.92 Å². The SMILES string of the molecule is COc1ccc(C(=O)NCC(C)CCBr)c(OC)c1OC. The summed E-state index contributed by atoms with van der Waals surface area (Å²) in [5.74, 6) is 1.54. The van der Waals surface area contributed by atoms with E-state index >= 15 is 0 Å². The van der Waals surface area contributed by atoms with E-state index in [9.17, 15) is 4.79 Å². The van der Waals surface area contributed by atoms with Crippen LogP contribution in [-0.4, -0.2) is 39.1 Å². The highest BCUT2D eigenvalue weighted by Gasteiger charge is 2.20. The van der Waals surface area contributed by atoms with Crippen molar-refractivity contribution in [2.24, 2.45) is 5.92 Å². The summed E-state index contributed by atoms with van der Waals surface area (Å²) in [5, 5.41) is 3.83. The van der Waals surface area contributed by atoms with Gasteiger partial charge in [0, 0.05) is 11.9 Å². The average molecular weight is 360 g/mol. The Labute approximate surface area is 134 Å². The summed E-state index contributed by atoms with van der Waals surface area (Å²) in [6.07, 6.45) is 1.00. The fourth-order valence-corrected chi connectivity index (χ4v) is 2.71. The van der Waals surface area contributed by atoms with Gasteiger partial charge < -0.3 is 19.5 Å². The van der Waals surface area contributed by atoms with Crippen molar-refractivity contribution in [1.82, 2.24) is 5.32 Å². The number of benzene rings is 1. The number of hydrogen-bond acceptors (Lipinski definition) is 4. The van der Waals surface area contributed by atoms with E-state index in [2.05, 4.69) is 28.2 Å². The molecule has 0 saturated carbocycles. The predicted molar refractivity (Wildman–Crippen MR) is 86.0 cm³/mol. The normalized spacial score (nSPS) is 11.7. The van der Waals surface area contributed by atoms with Crippen molar-refractivity contribution in [3.63, 3.8) is 0 Å². The van der Waals surface area contributed by atoms with Crippen molar-refractivity contribution in [3.05, 3.63) is 17.7 Å². The quantitative estimate of drug-likeness (QED) is 0.725. The van der Waals surface area contributed by atoms with Crippen molar-refractivity contribution < 1.29 is 19.0 Å². The summed E-state index contributed by atoms with van der Waals surface area (Å²) in [4.78, 5) is 12.3. The molecule has 0 aliphatic rings. The largest absolute Gasteiger partial charge is 0.493 e. The lowest BCUT2D eigenvalue weighted by atomic mass is 10.1. The molecule has 0 heterocycles. The topological polar surface area (TPSA) is 56.8 Å². The van der Waals surface area contributed by atoms with Crippen LogP contribution in [0.4, 0.5) is 0 Å². The standard InChI is InChI=1S/C15H22BrNO4/c1-10(7-8-16)9-17-15(18)11-5-6-12(19-2)14(21-4)13(11)20-3/h5-6,10H,7-9H2,1-4H3,(H,17,18). The van der Waals surface area contributed by atoms with Crippen molar-refractivity contribution >= 4 is 21.8 Å². The molecule has 1 aromatic rings. The van der Waals surface area contributed by atoms with E-state index in [-0.39, 0.29) is 5.91 Å². The van der Waals surface area contributed by atoms with Crippen molar-refractivity contribution in [2.75, 3.05) is 33.2 Å². The highest BCUT2D eigenvalue weighted by molar-refractivity contribution is 9.09. The van der Waals surface area contributed by atoms with Gasteiger partial charge in [-0.2, -0.15) is 0 Å². The van der Waals surface area contributed by atoms with Crippen LogP contribution >= 0.6 is 15.9 Å². The molecule has 118 valence electrons. The minimum Gasteiger partial charge on any atom is -0.493 e. The smallest absolute Gasteiger partial charge is 0.255 e. The second kappa shape index (κ2) is 8.77. The van der Waals surface area contributed by atoms with Gasteiger partial charge in [0.25, 0.3) is 5.91 Å². The molecule has 1 rings (SSSR count). The highest BCUT2D eigenvalue weighted by Crippen LogP contribution is 2.39. The molecule has 21 heavy (non-hydrogen) atoms. The van der Waals surface area contributed by atoms with Gasteiger partial charge in [0.1, 0.15) is 0 Å². The van der Waals surface area contributed by atoms with Crippen LogP contribution in [0.2, 0.25) is 0 Å². The summed E-state index contributed by atoms with van der Waals surface area (Å²) < 4.78 is 15.8. The summed E-state index contributed by atoms with van der Waals surface area (Å²) in [6.45, 7) is 2.70. The van der Waals surface area contributed by atoms with E-state index < -0.39 is 0 Å². The van der Waals surface area contributed by atoms with Gasteiger partial charge in [0.15, 0.2) is 11.5 Å². The first-order chi connectivity index (χ1) is 10.1. The molecular weight excluding hydrogens is 338 g/mol. The molecule has 0 bridgehead atoms. The molecule has 1 N–H and O–H groups in total. The number of hydrogen-bond donors (Lipinski definition) is 1. The molecule has 1 amide bonds. The van der Waals surface area contributed by atoms with E-state index in [0.717, 1.165) is 11.8 Å². The second-order valence-corrected chi connectivity index (χ2v) is 5.47. The second-order valence-electron chi connectivity index (χ2n) is 4.67. The molecule has 6 heteroatoms. The first kappa shape index (κ1) is 17.6. The number of alkyl halides is 1. The number of nitrogens with one attached hydrogen (secondary N) is 1. The third-order valence-electron chi connectivity index (χ3n) is 3.16. The van der Waals surface area contributed by atoms with Gasteiger partial charge in [0.2, 0.25) is 5.75 Å². The van der Waals surface area contributed by atoms with E-state index in [1.54, 1.807) is 19.2 Å². The fourth-order valence-electron chi connectivity index (χ4n) is 1.93. The number of carbonyl (C=O) groups excluding carboxylic acids is 1. The zero-order valence-electron chi connectivity index (χ0n) is 12.9. The maximum Gasteiger partial charge on any atom is 0.255 e. The zero-order chi connectivity index (χ0) is 15.8. The molecule has 0 radical (unpaired) electrons. The zero-order valence-corrected chi connectivity index (χ0v) is 14.5. The minimum absolute atomic E-state index is 0.186. The first-order valence-electron chi connectivity index (χ1n) is 6.72. The number of carbonyl (C=O) groups is 1. The van der Waals surface area contributed by atoms with Crippen molar-refractivity contribution in [1.29, 1.82) is 0 Å². The molecular formula is C15H22BrNO4. The van der Waals surface area contributed by atoms with Crippen LogP contribution in [-0.2, 0) is 0 Å². The van der Waals surface area contributed by atoms with E-state index in [0.29, 0.717) is 35.3 Å². The molecule has 1 aromatic carbocycles. The number of ether oxygens (including phenoxy) is 3. The lowest BCUT2D eigenvalue weighted by Gasteiger charge is -2.16. The van der Waals surface area contributed by atoms with Gasteiger partial charge in [-0.1, -0.05) is 22.9 Å². The molecule has 0 spiro atoms. The van der Waals surface area contributed by atoms with E-state index in [1.165, 1.54) is 14.2 Å². The lowest BCUT2D eigenvalue weighted by Crippen LogP contribution is -2.28.